The van der Waals surface area contributed by atoms with E-state index in [9.17, 15) is 9.79 Å². The molecule has 0 bridgehead atoms. The molecule has 5 heteroatoms. The Kier molecular flexibility index (Phi) is 23.2. The van der Waals surface area contributed by atoms with Crippen LogP contribution in [0.4, 0.5) is 0 Å². The Balaban J connectivity index is 3.12. The van der Waals surface area contributed by atoms with Crippen molar-refractivity contribution in [2.75, 3.05) is 25.9 Å². The first-order chi connectivity index (χ1) is 14.1. The smallest absolute Gasteiger partial charge is 0.314 e. The van der Waals surface area contributed by atoms with Crippen molar-refractivity contribution < 1.29 is 14.3 Å². The summed E-state index contributed by atoms with van der Waals surface area (Å²) in [4.78, 5) is 19.4. The van der Waals surface area contributed by atoms with Gasteiger partial charge in [-0.3, -0.25) is 0 Å². The summed E-state index contributed by atoms with van der Waals surface area (Å²) in [6.45, 7) is 6.42. The molecule has 4 nitrogen and oxygen atoms in total. The van der Waals surface area contributed by atoms with Crippen LogP contribution >= 0.6 is 7.94 Å². The Hall–Kier alpha value is 0.270. The van der Waals surface area contributed by atoms with Crippen molar-refractivity contribution in [2.45, 2.75) is 129 Å². The zero-order valence-electron chi connectivity index (χ0n) is 19.8. The molecule has 0 aromatic rings. The lowest BCUT2D eigenvalue weighted by Gasteiger charge is -2.11. The lowest BCUT2D eigenvalue weighted by Crippen LogP contribution is -2.21. The molecule has 0 unspecified atom stereocenters. The third kappa shape index (κ3) is 24.4. The highest BCUT2D eigenvalue weighted by Gasteiger charge is 2.34. The second kappa shape index (κ2) is 22.9. The van der Waals surface area contributed by atoms with Gasteiger partial charge in [-0.15, -0.1) is 0 Å². The van der Waals surface area contributed by atoms with Crippen molar-refractivity contribution in [2.24, 2.45) is 0 Å². The number of nitrogens with one attached hydrogen (secondary N) is 1. The second-order valence-electron chi connectivity index (χ2n) is 8.63. The molecule has 0 rings (SSSR count). The third-order valence-electron chi connectivity index (χ3n) is 5.59. The first-order valence-electron chi connectivity index (χ1n) is 12.8. The van der Waals surface area contributed by atoms with Crippen LogP contribution in [0.3, 0.4) is 0 Å². The summed E-state index contributed by atoms with van der Waals surface area (Å²) >= 11 is 0. The van der Waals surface area contributed by atoms with Crippen molar-refractivity contribution in [1.82, 2.24) is 5.32 Å². The fourth-order valence-electron chi connectivity index (χ4n) is 3.62. The van der Waals surface area contributed by atoms with Crippen LogP contribution in [-0.4, -0.2) is 35.6 Å². The van der Waals surface area contributed by atoms with E-state index in [-0.39, 0.29) is 0 Å². The Morgan fingerprint density at radius 3 is 1.41 bits per heavy atom. The summed E-state index contributed by atoms with van der Waals surface area (Å²) < 4.78 is 5.22. The van der Waals surface area contributed by atoms with E-state index in [2.05, 4.69) is 12.2 Å². The lowest BCUT2D eigenvalue weighted by molar-refractivity contribution is 0.228. The fraction of sp³-hybridized carbons (Fsp3) is 1.00. The number of hydrogen-bond donors (Lipinski definition) is 3. The third-order valence-corrected chi connectivity index (χ3v) is 7.08. The molecular weight excluding hydrogens is 381 g/mol. The second-order valence-corrected chi connectivity index (χ2v) is 10.7. The number of rotatable bonds is 24. The molecule has 0 amide bonds. The molecule has 176 valence electrons. The number of hydrogen-bond acceptors (Lipinski definition) is 4. The summed E-state index contributed by atoms with van der Waals surface area (Å²) in [6, 6.07) is 0. The minimum Gasteiger partial charge on any atom is -0.314 e. The normalized spacial score (nSPS) is 12.0. The Morgan fingerprint density at radius 2 is 0.966 bits per heavy atom. The van der Waals surface area contributed by atoms with Crippen LogP contribution in [0.2, 0.25) is 0 Å². The zero-order valence-corrected chi connectivity index (χ0v) is 20.7. The van der Waals surface area contributed by atoms with Gasteiger partial charge in [0, 0.05) is 6.54 Å². The fourth-order valence-corrected chi connectivity index (χ4v) is 4.86. The summed E-state index contributed by atoms with van der Waals surface area (Å²) in [6.07, 6.45) is 24.5. The Bertz CT molecular complexity index is 317. The molecule has 3 N–H and O–H groups in total. The summed E-state index contributed by atoms with van der Waals surface area (Å²) in [5.74, 6) is 0. The molecule has 0 aliphatic carbocycles. The van der Waals surface area contributed by atoms with Crippen molar-refractivity contribution in [1.29, 1.82) is 0 Å². The van der Waals surface area contributed by atoms with Crippen LogP contribution in [0.1, 0.15) is 129 Å². The van der Waals surface area contributed by atoms with E-state index in [1.807, 2.05) is 6.92 Å². The van der Waals surface area contributed by atoms with Gasteiger partial charge >= 0.3 is 7.94 Å². The van der Waals surface area contributed by atoms with Crippen LogP contribution < -0.4 is 5.32 Å². The average Bonchev–Trinajstić information content (AvgIpc) is 2.71. The quantitative estimate of drug-likeness (QED) is 0.109. The molecule has 0 aromatic carbocycles. The maximum atomic E-state index is 9.71. The molecule has 0 fully saturated rings. The lowest BCUT2D eigenvalue weighted by atomic mass is 10.0. The molecule has 0 heterocycles. The van der Waals surface area contributed by atoms with Gasteiger partial charge in [-0.2, -0.15) is 14.3 Å². The van der Waals surface area contributed by atoms with Crippen LogP contribution in [0, 0.1) is 0 Å². The van der Waals surface area contributed by atoms with E-state index in [1.165, 1.54) is 103 Å². The van der Waals surface area contributed by atoms with E-state index in [1.54, 1.807) is 0 Å². The van der Waals surface area contributed by atoms with Gasteiger partial charge in [0.25, 0.3) is 0 Å². The molecule has 0 saturated carbocycles. The SMILES string of the molecule is CCCCCCCCCCCCCCCCCCNCCO[P+](O)(O)CCCC. The predicted molar refractivity (Wildman–Crippen MR) is 130 cm³/mol. The van der Waals surface area contributed by atoms with E-state index >= 15 is 0 Å². The van der Waals surface area contributed by atoms with Crippen molar-refractivity contribution in [3.63, 3.8) is 0 Å². The van der Waals surface area contributed by atoms with Gasteiger partial charge in [-0.25, -0.2) is 0 Å². The van der Waals surface area contributed by atoms with Crippen LogP contribution in [0.15, 0.2) is 0 Å². The maximum Gasteiger partial charge on any atom is 0.406 e. The summed E-state index contributed by atoms with van der Waals surface area (Å²) in [5.41, 5.74) is 0. The molecule has 0 aliphatic rings. The zero-order chi connectivity index (χ0) is 21.5. The van der Waals surface area contributed by atoms with Crippen molar-refractivity contribution in [3.8, 4) is 0 Å². The van der Waals surface area contributed by atoms with Gasteiger partial charge in [-0.05, 0) is 19.4 Å². The van der Waals surface area contributed by atoms with Crippen LogP contribution in [0.25, 0.3) is 0 Å². The van der Waals surface area contributed by atoms with Gasteiger partial charge in [0.15, 0.2) is 0 Å². The van der Waals surface area contributed by atoms with Crippen molar-refractivity contribution in [3.05, 3.63) is 0 Å². The summed E-state index contributed by atoms with van der Waals surface area (Å²) in [7, 11) is -3.09. The monoisotopic (exact) mass is 434 g/mol. The largest absolute Gasteiger partial charge is 0.406 e. The molecule has 0 saturated heterocycles. The predicted octanol–water partition coefficient (Wildman–Crippen LogP) is 7.40. The highest BCUT2D eigenvalue weighted by atomic mass is 31.2. The molecule has 0 atom stereocenters. The average molecular weight is 435 g/mol. The van der Waals surface area contributed by atoms with Crippen LogP contribution in [-0.2, 0) is 4.52 Å². The maximum absolute atomic E-state index is 9.71. The van der Waals surface area contributed by atoms with Gasteiger partial charge in [0.05, 0.1) is 0 Å². The molecule has 29 heavy (non-hydrogen) atoms. The van der Waals surface area contributed by atoms with Gasteiger partial charge in [0.1, 0.15) is 12.8 Å². The van der Waals surface area contributed by atoms with Gasteiger partial charge < -0.3 is 5.32 Å². The van der Waals surface area contributed by atoms with E-state index < -0.39 is 7.94 Å². The minimum atomic E-state index is -3.09. The Morgan fingerprint density at radius 1 is 0.552 bits per heavy atom. The molecule has 0 aromatic heterocycles. The molecule has 0 aliphatic heterocycles. The van der Waals surface area contributed by atoms with E-state index in [4.69, 9.17) is 4.52 Å². The molecule has 0 spiro atoms. The Labute approximate surface area is 183 Å². The van der Waals surface area contributed by atoms with Gasteiger partial charge in [0.2, 0.25) is 0 Å². The summed E-state index contributed by atoms with van der Waals surface area (Å²) in [5, 5.41) is 3.33. The van der Waals surface area contributed by atoms with Crippen LogP contribution in [0.5, 0.6) is 0 Å². The highest BCUT2D eigenvalue weighted by molar-refractivity contribution is 7.59. The van der Waals surface area contributed by atoms with Gasteiger partial charge in [-0.1, -0.05) is 117 Å². The molecule has 0 radical (unpaired) electrons. The highest BCUT2D eigenvalue weighted by Crippen LogP contribution is 2.51. The standard InChI is InChI=1S/C24H53NO3P/c1-3-5-7-8-9-10-11-12-13-14-15-16-17-18-19-20-21-25-22-23-28-29(26,27)24-6-4-2/h25-27H,3-24H2,1-2H3/q+1. The first-order valence-corrected chi connectivity index (χ1v) is 14.6. The minimum absolute atomic E-state index is 0.391. The molecular formula is C24H53NO3P+. The first kappa shape index (κ1) is 29.3. The van der Waals surface area contributed by atoms with E-state index in [0.29, 0.717) is 19.3 Å². The number of unbranched alkanes of at least 4 members (excludes halogenated alkanes) is 16. The van der Waals surface area contributed by atoms with E-state index in [0.717, 1.165) is 19.4 Å². The van der Waals surface area contributed by atoms with Crippen molar-refractivity contribution >= 4 is 7.94 Å². The topological polar surface area (TPSA) is 61.7 Å².